The molecule has 11 heteroatoms. The first-order valence-corrected chi connectivity index (χ1v) is 11.4. The molecular formula is C21H22F4N2O4S. The molecule has 1 aliphatic heterocycles. The average Bonchev–Trinajstić information content (AvgIpc) is 3.03. The van der Waals surface area contributed by atoms with E-state index >= 15 is 0 Å². The van der Waals surface area contributed by atoms with Gasteiger partial charge in [0.2, 0.25) is 10.0 Å². The monoisotopic (exact) mass is 474 g/mol. The van der Waals surface area contributed by atoms with Gasteiger partial charge in [0.05, 0.1) is 10.5 Å². The van der Waals surface area contributed by atoms with Crippen molar-refractivity contribution < 1.29 is 35.5 Å². The highest BCUT2D eigenvalue weighted by Crippen LogP contribution is 2.33. The molecule has 0 radical (unpaired) electrons. The second kappa shape index (κ2) is 9.86. The van der Waals surface area contributed by atoms with Crippen molar-refractivity contribution in [2.75, 3.05) is 25.0 Å². The summed E-state index contributed by atoms with van der Waals surface area (Å²) in [6.07, 6.45) is -1.27. The number of anilines is 1. The number of halogens is 4. The Morgan fingerprint density at radius 1 is 1.00 bits per heavy atom. The number of alkyl halides is 3. The third kappa shape index (κ3) is 5.98. The van der Waals surface area contributed by atoms with Crippen LogP contribution in [0.25, 0.3) is 0 Å². The Hall–Kier alpha value is -2.66. The summed E-state index contributed by atoms with van der Waals surface area (Å²) in [5, 5.41) is 2.20. The normalized spacial score (nSPS) is 15.8. The second-order valence-electron chi connectivity index (χ2n) is 7.32. The molecule has 1 saturated heterocycles. The zero-order valence-corrected chi connectivity index (χ0v) is 17.8. The van der Waals surface area contributed by atoms with Crippen LogP contribution in [0.4, 0.5) is 23.2 Å². The number of nitrogens with one attached hydrogen (secondary N) is 1. The van der Waals surface area contributed by atoms with E-state index in [9.17, 15) is 30.8 Å². The molecule has 6 nitrogen and oxygen atoms in total. The minimum Gasteiger partial charge on any atom is -0.484 e. The zero-order chi connectivity index (χ0) is 23.4. The van der Waals surface area contributed by atoms with E-state index in [1.54, 1.807) is 0 Å². The van der Waals surface area contributed by atoms with Gasteiger partial charge in [-0.1, -0.05) is 12.8 Å². The van der Waals surface area contributed by atoms with Crippen molar-refractivity contribution in [2.45, 2.75) is 36.8 Å². The number of carbonyl (C=O) groups excluding carboxylic acids is 1. The molecule has 0 spiro atoms. The molecular weight excluding hydrogens is 452 g/mol. The summed E-state index contributed by atoms with van der Waals surface area (Å²) in [6.45, 7) is 0.414. The average molecular weight is 474 g/mol. The molecule has 0 atom stereocenters. The third-order valence-corrected chi connectivity index (χ3v) is 6.86. The number of hydrogen-bond donors (Lipinski definition) is 1. The van der Waals surface area contributed by atoms with Gasteiger partial charge in [-0.15, -0.1) is 0 Å². The first-order valence-electron chi connectivity index (χ1n) is 9.97. The first-order chi connectivity index (χ1) is 15.1. The van der Waals surface area contributed by atoms with E-state index in [4.69, 9.17) is 4.74 Å². The summed E-state index contributed by atoms with van der Waals surface area (Å²) in [7, 11) is -3.62. The van der Waals surface area contributed by atoms with Crippen molar-refractivity contribution in [3.63, 3.8) is 0 Å². The summed E-state index contributed by atoms with van der Waals surface area (Å²) in [5.74, 6) is -1.99. The van der Waals surface area contributed by atoms with Gasteiger partial charge in [-0.25, -0.2) is 12.8 Å². The molecule has 3 rings (SSSR count). The quantitative estimate of drug-likeness (QED) is 0.629. The van der Waals surface area contributed by atoms with Gasteiger partial charge < -0.3 is 10.1 Å². The van der Waals surface area contributed by atoms with Gasteiger partial charge in [-0.3, -0.25) is 4.79 Å². The number of amides is 1. The molecule has 1 heterocycles. The molecule has 1 N–H and O–H groups in total. The fraction of sp³-hybridized carbons (Fsp3) is 0.381. The van der Waals surface area contributed by atoms with Crippen LogP contribution in [0.15, 0.2) is 47.4 Å². The molecule has 174 valence electrons. The highest BCUT2D eigenvalue weighted by Gasteiger charge is 2.34. The molecule has 1 amide bonds. The van der Waals surface area contributed by atoms with Gasteiger partial charge in [-0.2, -0.15) is 17.5 Å². The Labute approximate surface area is 183 Å². The first kappa shape index (κ1) is 24.0. The van der Waals surface area contributed by atoms with Crippen molar-refractivity contribution in [3.8, 4) is 5.75 Å². The number of ether oxygens (including phenoxy) is 1. The number of hydrogen-bond acceptors (Lipinski definition) is 4. The van der Waals surface area contributed by atoms with Crippen LogP contribution in [0.2, 0.25) is 0 Å². The molecule has 2 aromatic rings. The Morgan fingerprint density at radius 2 is 1.62 bits per heavy atom. The minimum absolute atomic E-state index is 0.113. The number of nitrogens with zero attached hydrogens (tertiary/aromatic N) is 1. The molecule has 0 unspecified atom stereocenters. The van der Waals surface area contributed by atoms with Crippen molar-refractivity contribution in [1.82, 2.24) is 4.31 Å². The second-order valence-corrected chi connectivity index (χ2v) is 9.26. The van der Waals surface area contributed by atoms with Gasteiger partial charge in [0.1, 0.15) is 11.6 Å². The lowest BCUT2D eigenvalue weighted by Crippen LogP contribution is -2.31. The molecule has 0 aliphatic carbocycles. The lowest BCUT2D eigenvalue weighted by Gasteiger charge is -2.20. The van der Waals surface area contributed by atoms with Crippen LogP contribution in [0.1, 0.15) is 31.2 Å². The smallest absolute Gasteiger partial charge is 0.419 e. The standard InChI is InChI=1S/C21H22F4N2O4S/c22-19-10-5-15(13-18(19)21(23,24)25)26-20(28)14-31-16-6-8-17(9-7-16)32(29,30)27-11-3-1-2-4-12-27/h5-10,13H,1-4,11-12,14H2,(H,26,28). The van der Waals surface area contributed by atoms with Crippen LogP contribution in [-0.4, -0.2) is 38.3 Å². The van der Waals surface area contributed by atoms with Crippen LogP contribution in [0.5, 0.6) is 5.75 Å². The van der Waals surface area contributed by atoms with Crippen LogP contribution in [-0.2, 0) is 21.0 Å². The Balaban J connectivity index is 1.59. The van der Waals surface area contributed by atoms with Crippen LogP contribution in [0, 0.1) is 5.82 Å². The van der Waals surface area contributed by atoms with E-state index < -0.39 is 40.1 Å². The highest BCUT2D eigenvalue weighted by atomic mass is 32.2. The zero-order valence-electron chi connectivity index (χ0n) is 17.0. The van der Waals surface area contributed by atoms with E-state index in [1.807, 2.05) is 0 Å². The predicted molar refractivity (Wildman–Crippen MR) is 109 cm³/mol. The number of sulfonamides is 1. The van der Waals surface area contributed by atoms with Gasteiger partial charge >= 0.3 is 6.18 Å². The minimum atomic E-state index is -4.89. The lowest BCUT2D eigenvalue weighted by atomic mass is 10.2. The van der Waals surface area contributed by atoms with E-state index in [1.165, 1.54) is 28.6 Å². The predicted octanol–water partition coefficient (Wildman–Crippen LogP) is 4.43. The maximum atomic E-state index is 13.3. The summed E-state index contributed by atoms with van der Waals surface area (Å²) < 4.78 is 83.9. The maximum Gasteiger partial charge on any atom is 0.419 e. The van der Waals surface area contributed by atoms with E-state index in [0.29, 0.717) is 25.2 Å². The Bertz CT molecular complexity index is 1050. The fourth-order valence-corrected chi connectivity index (χ4v) is 4.82. The van der Waals surface area contributed by atoms with Gasteiger partial charge in [-0.05, 0) is 55.3 Å². The summed E-state index contributed by atoms with van der Waals surface area (Å²) >= 11 is 0. The van der Waals surface area contributed by atoms with Crippen molar-refractivity contribution in [2.24, 2.45) is 0 Å². The Kier molecular flexibility index (Phi) is 7.40. The van der Waals surface area contributed by atoms with E-state index in [2.05, 4.69) is 5.32 Å². The lowest BCUT2D eigenvalue weighted by molar-refractivity contribution is -0.140. The summed E-state index contributed by atoms with van der Waals surface area (Å²) in [4.78, 5) is 12.1. The van der Waals surface area contributed by atoms with Crippen LogP contribution in [0.3, 0.4) is 0 Å². The molecule has 0 bridgehead atoms. The maximum absolute atomic E-state index is 13.3. The number of rotatable bonds is 6. The number of benzene rings is 2. The van der Waals surface area contributed by atoms with Crippen molar-refractivity contribution >= 4 is 21.6 Å². The molecule has 0 saturated carbocycles. The molecule has 0 aromatic heterocycles. The van der Waals surface area contributed by atoms with Gasteiger partial charge in [0.15, 0.2) is 6.61 Å². The van der Waals surface area contributed by atoms with E-state index in [0.717, 1.165) is 31.7 Å². The van der Waals surface area contributed by atoms with E-state index in [-0.39, 0.29) is 16.3 Å². The van der Waals surface area contributed by atoms with Crippen LogP contribution >= 0.6 is 0 Å². The molecule has 32 heavy (non-hydrogen) atoms. The fourth-order valence-electron chi connectivity index (χ4n) is 3.31. The van der Waals surface area contributed by atoms with Gasteiger partial charge in [0.25, 0.3) is 5.91 Å². The molecule has 1 fully saturated rings. The third-order valence-electron chi connectivity index (χ3n) is 4.95. The Morgan fingerprint density at radius 3 is 2.22 bits per heavy atom. The summed E-state index contributed by atoms with van der Waals surface area (Å²) in [6, 6.07) is 7.67. The van der Waals surface area contributed by atoms with Crippen molar-refractivity contribution in [3.05, 3.63) is 53.8 Å². The molecule has 1 aliphatic rings. The largest absolute Gasteiger partial charge is 0.484 e. The SMILES string of the molecule is O=C(COc1ccc(S(=O)(=O)N2CCCCCC2)cc1)Nc1ccc(F)c(C(F)(F)F)c1. The van der Waals surface area contributed by atoms with Crippen LogP contribution < -0.4 is 10.1 Å². The summed E-state index contributed by atoms with van der Waals surface area (Å²) in [5.41, 5.74) is -1.72. The van der Waals surface area contributed by atoms with Gasteiger partial charge in [0, 0.05) is 18.8 Å². The molecule has 2 aromatic carbocycles. The number of carbonyl (C=O) groups is 1. The van der Waals surface area contributed by atoms with Crippen molar-refractivity contribution in [1.29, 1.82) is 0 Å². The highest BCUT2D eigenvalue weighted by molar-refractivity contribution is 7.89. The topological polar surface area (TPSA) is 75.7 Å².